The zero-order chi connectivity index (χ0) is 11.5. The zero-order valence-electron chi connectivity index (χ0n) is 8.77. The van der Waals surface area contributed by atoms with Gasteiger partial charge in [0.1, 0.15) is 11.0 Å². The maximum absolute atomic E-state index is 5.83. The number of nitrogens with one attached hydrogen (secondary N) is 1. The van der Waals surface area contributed by atoms with Gasteiger partial charge in [0, 0.05) is 11.8 Å². The minimum atomic E-state index is 0.191. The number of nitrogen functional groups attached to an aromatic ring is 1. The number of aromatic nitrogens is 1. The number of nitrogens with zero attached hydrogens (tertiary/aromatic N) is 1. The summed E-state index contributed by atoms with van der Waals surface area (Å²) < 4.78 is 0. The first-order valence-electron chi connectivity index (χ1n) is 4.87. The quantitative estimate of drug-likeness (QED) is 0.823. The largest absolute Gasteiger partial charge is 0.399 e. The van der Waals surface area contributed by atoms with Crippen LogP contribution < -0.4 is 11.1 Å². The van der Waals surface area contributed by atoms with Crippen molar-refractivity contribution in [3.05, 3.63) is 39.7 Å². The Bertz CT molecular complexity index is 450. The van der Waals surface area contributed by atoms with Gasteiger partial charge in [-0.1, -0.05) is 11.6 Å². The van der Waals surface area contributed by atoms with Crippen molar-refractivity contribution in [2.24, 2.45) is 0 Å². The Morgan fingerprint density at radius 1 is 1.50 bits per heavy atom. The fourth-order valence-electron chi connectivity index (χ4n) is 1.42. The summed E-state index contributed by atoms with van der Waals surface area (Å²) in [5.74, 6) is 0.698. The maximum atomic E-state index is 5.83. The van der Waals surface area contributed by atoms with Crippen molar-refractivity contribution < 1.29 is 0 Å². The minimum absolute atomic E-state index is 0.191. The molecular formula is C11H12ClN3S. The van der Waals surface area contributed by atoms with Crippen LogP contribution in [-0.4, -0.2) is 4.98 Å². The summed E-state index contributed by atoms with van der Waals surface area (Å²) in [5, 5.41) is 7.81. The molecule has 0 saturated carbocycles. The van der Waals surface area contributed by atoms with Gasteiger partial charge in [-0.15, -0.1) is 0 Å². The van der Waals surface area contributed by atoms with Crippen LogP contribution in [0.4, 0.5) is 11.5 Å². The van der Waals surface area contributed by atoms with Crippen LogP contribution in [0.15, 0.2) is 29.0 Å². The minimum Gasteiger partial charge on any atom is -0.399 e. The van der Waals surface area contributed by atoms with Crippen molar-refractivity contribution in [1.82, 2.24) is 4.98 Å². The molecule has 0 aromatic carbocycles. The summed E-state index contributed by atoms with van der Waals surface area (Å²) in [7, 11) is 0. The number of pyridine rings is 1. The van der Waals surface area contributed by atoms with Crippen LogP contribution in [0.2, 0.25) is 5.15 Å². The molecule has 2 heterocycles. The molecule has 0 amide bonds. The van der Waals surface area contributed by atoms with Crippen LogP contribution in [0, 0.1) is 0 Å². The molecule has 2 aromatic rings. The number of rotatable bonds is 3. The SMILES string of the molecule is CC(Nc1cc(N)cc(Cl)n1)c1ccsc1. The van der Waals surface area contributed by atoms with Gasteiger partial charge in [0.25, 0.3) is 0 Å². The van der Waals surface area contributed by atoms with E-state index < -0.39 is 0 Å². The second kappa shape index (κ2) is 4.72. The normalized spacial score (nSPS) is 12.4. The molecule has 84 valence electrons. The molecule has 0 aliphatic carbocycles. The highest BCUT2D eigenvalue weighted by Gasteiger charge is 2.07. The lowest BCUT2D eigenvalue weighted by Crippen LogP contribution is -2.07. The molecule has 5 heteroatoms. The molecule has 0 saturated heterocycles. The maximum Gasteiger partial charge on any atom is 0.133 e. The van der Waals surface area contributed by atoms with E-state index in [9.17, 15) is 0 Å². The Morgan fingerprint density at radius 3 is 2.94 bits per heavy atom. The number of anilines is 2. The summed E-state index contributed by atoms with van der Waals surface area (Å²) in [4.78, 5) is 4.16. The third kappa shape index (κ3) is 2.65. The van der Waals surface area contributed by atoms with Gasteiger partial charge < -0.3 is 11.1 Å². The zero-order valence-corrected chi connectivity index (χ0v) is 10.3. The lowest BCUT2D eigenvalue weighted by molar-refractivity contribution is 0.880. The summed E-state index contributed by atoms with van der Waals surface area (Å²) in [5.41, 5.74) is 7.53. The lowest BCUT2D eigenvalue weighted by atomic mass is 10.2. The third-order valence-electron chi connectivity index (χ3n) is 2.22. The molecule has 16 heavy (non-hydrogen) atoms. The fourth-order valence-corrected chi connectivity index (χ4v) is 2.39. The van der Waals surface area contributed by atoms with E-state index in [1.807, 2.05) is 5.38 Å². The molecule has 1 unspecified atom stereocenters. The Morgan fingerprint density at radius 2 is 2.31 bits per heavy atom. The predicted octanol–water partition coefficient (Wildman–Crippen LogP) is 3.55. The van der Waals surface area contributed by atoms with Gasteiger partial charge in [-0.3, -0.25) is 0 Å². The van der Waals surface area contributed by atoms with E-state index in [2.05, 4.69) is 28.7 Å². The molecule has 0 aliphatic rings. The van der Waals surface area contributed by atoms with Crippen molar-refractivity contribution >= 4 is 34.4 Å². The fraction of sp³-hybridized carbons (Fsp3) is 0.182. The smallest absolute Gasteiger partial charge is 0.133 e. The molecule has 0 fully saturated rings. The Hall–Kier alpha value is -1.26. The highest BCUT2D eigenvalue weighted by molar-refractivity contribution is 7.07. The molecule has 3 nitrogen and oxygen atoms in total. The molecule has 2 rings (SSSR count). The van der Waals surface area contributed by atoms with Crippen LogP contribution in [0.25, 0.3) is 0 Å². The van der Waals surface area contributed by atoms with Crippen LogP contribution in [0.1, 0.15) is 18.5 Å². The number of hydrogen-bond acceptors (Lipinski definition) is 4. The summed E-state index contributed by atoms with van der Waals surface area (Å²) in [6.45, 7) is 2.07. The Balaban J connectivity index is 2.15. The van der Waals surface area contributed by atoms with Crippen LogP contribution in [0.3, 0.4) is 0 Å². The van der Waals surface area contributed by atoms with Crippen molar-refractivity contribution in [2.45, 2.75) is 13.0 Å². The van der Waals surface area contributed by atoms with E-state index in [4.69, 9.17) is 17.3 Å². The number of hydrogen-bond donors (Lipinski definition) is 2. The summed E-state index contributed by atoms with van der Waals surface area (Å²) in [6, 6.07) is 5.67. The number of halogens is 1. The average molecular weight is 254 g/mol. The molecule has 1 atom stereocenters. The molecule has 0 bridgehead atoms. The standard InChI is InChI=1S/C11H12ClN3S/c1-7(8-2-3-16-6-8)14-11-5-9(13)4-10(12)15-11/h2-7H,1H3,(H3,13,14,15). The molecule has 0 radical (unpaired) electrons. The first-order chi connectivity index (χ1) is 7.65. The summed E-state index contributed by atoms with van der Waals surface area (Å²) in [6.07, 6.45) is 0. The van der Waals surface area contributed by atoms with Gasteiger partial charge >= 0.3 is 0 Å². The number of thiophene rings is 1. The number of nitrogens with two attached hydrogens (primary N) is 1. The van der Waals surface area contributed by atoms with E-state index in [0.717, 1.165) is 0 Å². The molecule has 0 spiro atoms. The van der Waals surface area contributed by atoms with Gasteiger partial charge in [-0.2, -0.15) is 11.3 Å². The van der Waals surface area contributed by atoms with Crippen molar-refractivity contribution in [3.63, 3.8) is 0 Å². The predicted molar refractivity (Wildman–Crippen MR) is 70.0 cm³/mol. The second-order valence-corrected chi connectivity index (χ2v) is 4.70. The second-order valence-electron chi connectivity index (χ2n) is 3.53. The monoisotopic (exact) mass is 253 g/mol. The van der Waals surface area contributed by atoms with Crippen LogP contribution in [-0.2, 0) is 0 Å². The van der Waals surface area contributed by atoms with Crippen LogP contribution >= 0.6 is 22.9 Å². The van der Waals surface area contributed by atoms with Gasteiger partial charge in [0.05, 0.1) is 6.04 Å². The van der Waals surface area contributed by atoms with E-state index in [1.54, 1.807) is 23.5 Å². The summed E-state index contributed by atoms with van der Waals surface area (Å²) >= 11 is 7.50. The van der Waals surface area contributed by atoms with Crippen molar-refractivity contribution in [3.8, 4) is 0 Å². The third-order valence-corrected chi connectivity index (χ3v) is 3.12. The lowest BCUT2D eigenvalue weighted by Gasteiger charge is -2.13. The van der Waals surface area contributed by atoms with E-state index >= 15 is 0 Å². The van der Waals surface area contributed by atoms with Crippen molar-refractivity contribution in [2.75, 3.05) is 11.1 Å². The molecule has 0 aliphatic heterocycles. The van der Waals surface area contributed by atoms with Gasteiger partial charge in [-0.05, 0) is 35.4 Å². The van der Waals surface area contributed by atoms with E-state index in [0.29, 0.717) is 16.7 Å². The molecular weight excluding hydrogens is 242 g/mol. The first-order valence-corrected chi connectivity index (χ1v) is 6.19. The molecule has 2 aromatic heterocycles. The molecule has 3 N–H and O–H groups in total. The van der Waals surface area contributed by atoms with Crippen molar-refractivity contribution in [1.29, 1.82) is 0 Å². The van der Waals surface area contributed by atoms with Gasteiger partial charge in [0.15, 0.2) is 0 Å². The highest BCUT2D eigenvalue weighted by Crippen LogP contribution is 2.22. The first kappa shape index (κ1) is 11.2. The topological polar surface area (TPSA) is 50.9 Å². The Labute approximate surface area is 103 Å². The van der Waals surface area contributed by atoms with Gasteiger partial charge in [-0.25, -0.2) is 4.98 Å². The highest BCUT2D eigenvalue weighted by atomic mass is 35.5. The van der Waals surface area contributed by atoms with Gasteiger partial charge in [0.2, 0.25) is 0 Å². The Kier molecular flexibility index (Phi) is 3.31. The van der Waals surface area contributed by atoms with E-state index in [1.165, 1.54) is 5.56 Å². The van der Waals surface area contributed by atoms with Crippen LogP contribution in [0.5, 0.6) is 0 Å². The van der Waals surface area contributed by atoms with E-state index in [-0.39, 0.29) is 6.04 Å². The average Bonchev–Trinajstić information content (AvgIpc) is 2.68.